The zero-order valence-electron chi connectivity index (χ0n) is 18.6. The number of amides is 1. The maximum absolute atomic E-state index is 12.9. The van der Waals surface area contributed by atoms with Gasteiger partial charge in [-0.05, 0) is 67.0 Å². The van der Waals surface area contributed by atoms with Crippen LogP contribution in [0.5, 0.6) is 5.88 Å². The minimum absolute atomic E-state index is 0.0838. The summed E-state index contributed by atoms with van der Waals surface area (Å²) in [5, 5.41) is 10.3. The van der Waals surface area contributed by atoms with E-state index in [0.717, 1.165) is 59.0 Å². The number of ether oxygens (including phenoxy) is 1. The number of benzene rings is 1. The SMILES string of the molecule is COc1cc(-c2ccc3c(c2CC(=O)NS(=O)(=O)c2cnc(C(C)(C)O)s2)CCC3)ccn1. The van der Waals surface area contributed by atoms with Crippen LogP contribution in [0.2, 0.25) is 0 Å². The number of rotatable bonds is 7. The lowest BCUT2D eigenvalue weighted by atomic mass is 9.91. The van der Waals surface area contributed by atoms with Gasteiger partial charge >= 0.3 is 0 Å². The number of aromatic nitrogens is 2. The lowest BCUT2D eigenvalue weighted by molar-refractivity contribution is -0.118. The van der Waals surface area contributed by atoms with E-state index in [1.807, 2.05) is 12.1 Å². The van der Waals surface area contributed by atoms with E-state index in [0.29, 0.717) is 5.88 Å². The number of hydrogen-bond donors (Lipinski definition) is 2. The molecule has 10 heteroatoms. The molecule has 0 spiro atoms. The molecule has 0 saturated heterocycles. The lowest BCUT2D eigenvalue weighted by Gasteiger charge is -2.15. The number of thiazole rings is 1. The molecule has 0 radical (unpaired) electrons. The van der Waals surface area contributed by atoms with Crippen LogP contribution in [0.1, 0.15) is 42.0 Å². The standard InChI is InChI=1S/C23H25N3O5S2/c1-23(2,28)22-25-13-21(32-22)33(29,30)26-19(27)12-18-16-6-4-5-14(16)7-8-17(18)15-9-10-24-20(11-15)31-3/h7-11,13,28H,4-6,12H2,1-3H3,(H,26,27). The molecule has 0 fully saturated rings. The largest absolute Gasteiger partial charge is 0.481 e. The van der Waals surface area contributed by atoms with Crippen LogP contribution < -0.4 is 9.46 Å². The summed E-state index contributed by atoms with van der Waals surface area (Å²) in [5.74, 6) is -0.172. The van der Waals surface area contributed by atoms with Crippen molar-refractivity contribution in [1.29, 1.82) is 0 Å². The van der Waals surface area contributed by atoms with Gasteiger partial charge in [0.05, 0.1) is 19.7 Å². The number of sulfonamides is 1. The summed E-state index contributed by atoms with van der Waals surface area (Å²) in [7, 11) is -2.57. The van der Waals surface area contributed by atoms with E-state index in [4.69, 9.17) is 4.74 Å². The van der Waals surface area contributed by atoms with Crippen molar-refractivity contribution >= 4 is 27.3 Å². The maximum atomic E-state index is 12.9. The van der Waals surface area contributed by atoms with Crippen molar-refractivity contribution in [3.05, 3.63) is 58.4 Å². The van der Waals surface area contributed by atoms with Crippen molar-refractivity contribution in [3.8, 4) is 17.0 Å². The summed E-state index contributed by atoms with van der Waals surface area (Å²) in [6.07, 6.45) is 5.47. The molecule has 0 saturated carbocycles. The number of fused-ring (bicyclic) bond motifs is 1. The van der Waals surface area contributed by atoms with Crippen LogP contribution in [0.25, 0.3) is 11.1 Å². The Morgan fingerprint density at radius 3 is 2.73 bits per heavy atom. The number of carbonyl (C=O) groups excluding carboxylic acids is 1. The van der Waals surface area contributed by atoms with E-state index in [-0.39, 0.29) is 15.6 Å². The molecule has 2 aromatic heterocycles. The van der Waals surface area contributed by atoms with Crippen LogP contribution >= 0.6 is 11.3 Å². The fraction of sp³-hybridized carbons (Fsp3) is 0.348. The predicted molar refractivity (Wildman–Crippen MR) is 125 cm³/mol. The van der Waals surface area contributed by atoms with E-state index in [1.165, 1.54) is 26.5 Å². The Bertz CT molecular complexity index is 1310. The van der Waals surface area contributed by atoms with Crippen molar-refractivity contribution in [2.24, 2.45) is 0 Å². The second-order valence-electron chi connectivity index (χ2n) is 8.42. The number of nitrogens with one attached hydrogen (secondary N) is 1. The topological polar surface area (TPSA) is 118 Å². The first-order chi connectivity index (χ1) is 15.6. The Hall–Kier alpha value is -2.82. The van der Waals surface area contributed by atoms with Gasteiger partial charge in [0.1, 0.15) is 10.6 Å². The quantitative estimate of drug-likeness (QED) is 0.526. The number of carbonyl (C=O) groups is 1. The molecule has 0 aliphatic heterocycles. The zero-order chi connectivity index (χ0) is 23.8. The summed E-state index contributed by atoms with van der Waals surface area (Å²) in [6, 6.07) is 7.67. The van der Waals surface area contributed by atoms with Gasteiger partial charge < -0.3 is 9.84 Å². The number of pyridine rings is 1. The molecule has 2 heterocycles. The van der Waals surface area contributed by atoms with Gasteiger partial charge in [-0.2, -0.15) is 0 Å². The van der Waals surface area contributed by atoms with Gasteiger partial charge in [-0.3, -0.25) is 4.79 Å². The van der Waals surface area contributed by atoms with Gasteiger partial charge in [0, 0.05) is 12.3 Å². The molecule has 0 atom stereocenters. The minimum atomic E-state index is -4.11. The molecule has 1 aliphatic rings. The predicted octanol–water partition coefficient (Wildman–Crippen LogP) is 2.98. The van der Waals surface area contributed by atoms with Gasteiger partial charge in [-0.25, -0.2) is 23.1 Å². The summed E-state index contributed by atoms with van der Waals surface area (Å²) in [4.78, 5) is 21.0. The smallest absolute Gasteiger partial charge is 0.275 e. The molecule has 1 amide bonds. The van der Waals surface area contributed by atoms with Gasteiger partial charge in [-0.1, -0.05) is 12.1 Å². The zero-order valence-corrected chi connectivity index (χ0v) is 20.2. The second-order valence-corrected chi connectivity index (χ2v) is 11.4. The third-order valence-electron chi connectivity index (χ3n) is 5.51. The summed E-state index contributed by atoms with van der Waals surface area (Å²) in [6.45, 7) is 3.04. The Morgan fingerprint density at radius 2 is 2.03 bits per heavy atom. The number of aryl methyl sites for hydroxylation is 1. The van der Waals surface area contributed by atoms with Crippen molar-refractivity contribution in [2.45, 2.75) is 49.3 Å². The first kappa shape index (κ1) is 23.3. The number of methoxy groups -OCH3 is 1. The first-order valence-corrected chi connectivity index (χ1v) is 12.8. The fourth-order valence-electron chi connectivity index (χ4n) is 3.97. The molecule has 0 bridgehead atoms. The summed E-state index contributed by atoms with van der Waals surface area (Å²) < 4.78 is 32.8. The molecule has 0 unspecified atom stereocenters. The Morgan fingerprint density at radius 1 is 1.24 bits per heavy atom. The fourth-order valence-corrected chi connectivity index (χ4v) is 6.08. The molecule has 3 aromatic rings. The van der Waals surface area contributed by atoms with Crippen molar-refractivity contribution in [2.75, 3.05) is 7.11 Å². The first-order valence-electron chi connectivity index (χ1n) is 10.5. The van der Waals surface area contributed by atoms with Crippen molar-refractivity contribution in [3.63, 3.8) is 0 Å². The van der Waals surface area contributed by atoms with Gasteiger partial charge in [-0.15, -0.1) is 11.3 Å². The molecular formula is C23H25N3O5S2. The van der Waals surface area contributed by atoms with Crippen molar-refractivity contribution < 1.29 is 23.1 Å². The highest BCUT2D eigenvalue weighted by molar-refractivity contribution is 7.92. The average molecular weight is 488 g/mol. The maximum Gasteiger partial charge on any atom is 0.275 e. The number of nitrogens with zero attached hydrogens (tertiary/aromatic N) is 2. The van der Waals surface area contributed by atoms with Crippen LogP contribution in [0.3, 0.4) is 0 Å². The Balaban J connectivity index is 1.64. The monoisotopic (exact) mass is 487 g/mol. The Labute approximate surface area is 196 Å². The van der Waals surface area contributed by atoms with E-state index < -0.39 is 21.5 Å². The van der Waals surface area contributed by atoms with Crippen LogP contribution in [-0.2, 0) is 39.7 Å². The summed E-state index contributed by atoms with van der Waals surface area (Å²) in [5.41, 5.74) is 3.52. The molecule has 1 aliphatic carbocycles. The summed E-state index contributed by atoms with van der Waals surface area (Å²) >= 11 is 0.835. The average Bonchev–Trinajstić information content (AvgIpc) is 3.43. The van der Waals surface area contributed by atoms with Crippen molar-refractivity contribution in [1.82, 2.24) is 14.7 Å². The Kier molecular flexibility index (Phi) is 6.26. The van der Waals surface area contributed by atoms with Gasteiger partial charge in [0.25, 0.3) is 10.0 Å². The van der Waals surface area contributed by atoms with Crippen LogP contribution in [0.4, 0.5) is 0 Å². The third kappa shape index (κ3) is 4.92. The third-order valence-corrected chi connectivity index (χ3v) is 8.66. The molecular weight excluding hydrogens is 462 g/mol. The van der Waals surface area contributed by atoms with E-state index >= 15 is 0 Å². The van der Waals surface area contributed by atoms with E-state index in [1.54, 1.807) is 12.3 Å². The highest BCUT2D eigenvalue weighted by Gasteiger charge is 2.27. The van der Waals surface area contributed by atoms with Crippen LogP contribution in [0.15, 0.2) is 40.9 Å². The highest BCUT2D eigenvalue weighted by Crippen LogP contribution is 2.35. The van der Waals surface area contributed by atoms with Crippen LogP contribution in [-0.4, -0.2) is 36.5 Å². The number of hydrogen-bond acceptors (Lipinski definition) is 8. The van der Waals surface area contributed by atoms with E-state index in [9.17, 15) is 18.3 Å². The minimum Gasteiger partial charge on any atom is -0.481 e. The lowest BCUT2D eigenvalue weighted by Crippen LogP contribution is -2.31. The van der Waals surface area contributed by atoms with Crippen LogP contribution in [0, 0.1) is 0 Å². The molecule has 174 valence electrons. The molecule has 8 nitrogen and oxygen atoms in total. The second kappa shape index (κ2) is 8.85. The molecule has 1 aromatic carbocycles. The molecule has 2 N–H and O–H groups in total. The molecule has 4 rings (SSSR count). The van der Waals surface area contributed by atoms with Gasteiger partial charge in [0.2, 0.25) is 11.8 Å². The highest BCUT2D eigenvalue weighted by atomic mass is 32.2. The van der Waals surface area contributed by atoms with Gasteiger partial charge in [0.15, 0.2) is 4.21 Å². The number of aliphatic hydroxyl groups is 1. The van der Waals surface area contributed by atoms with E-state index in [2.05, 4.69) is 20.8 Å². The normalized spacial score (nSPS) is 13.6. The molecule has 33 heavy (non-hydrogen) atoms.